The number of aryl methyl sites for hydroxylation is 2. The highest BCUT2D eigenvalue weighted by molar-refractivity contribution is 6.30. The van der Waals surface area contributed by atoms with E-state index < -0.39 is 0 Å². The summed E-state index contributed by atoms with van der Waals surface area (Å²) < 4.78 is 0. The van der Waals surface area contributed by atoms with Gasteiger partial charge in [0, 0.05) is 36.9 Å². The summed E-state index contributed by atoms with van der Waals surface area (Å²) in [5.74, 6) is 0.214. The topological polar surface area (TPSA) is 23.6 Å². The van der Waals surface area contributed by atoms with Gasteiger partial charge in [0.1, 0.15) is 0 Å². The molecule has 1 heterocycles. The minimum Gasteiger partial charge on any atom is -0.368 e. The monoisotopic (exact) mass is 342 g/mol. The third-order valence-corrected chi connectivity index (χ3v) is 4.84. The van der Waals surface area contributed by atoms with Crippen molar-refractivity contribution in [1.29, 1.82) is 0 Å². The van der Waals surface area contributed by atoms with Crippen molar-refractivity contribution in [3.05, 3.63) is 64.2 Å². The summed E-state index contributed by atoms with van der Waals surface area (Å²) in [7, 11) is 0. The zero-order valence-corrected chi connectivity index (χ0v) is 15.0. The molecule has 0 bridgehead atoms. The van der Waals surface area contributed by atoms with Crippen LogP contribution in [-0.2, 0) is 11.2 Å². The summed E-state index contributed by atoms with van der Waals surface area (Å²) in [4.78, 5) is 16.8. The van der Waals surface area contributed by atoms with Crippen molar-refractivity contribution >= 4 is 23.2 Å². The van der Waals surface area contributed by atoms with Gasteiger partial charge in [0.25, 0.3) is 0 Å². The Hall–Kier alpha value is -2.00. The minimum atomic E-state index is 0.214. The van der Waals surface area contributed by atoms with Crippen LogP contribution in [0.25, 0.3) is 0 Å². The van der Waals surface area contributed by atoms with Crippen LogP contribution >= 0.6 is 11.6 Å². The number of hydrogen-bond acceptors (Lipinski definition) is 2. The lowest BCUT2D eigenvalue weighted by Gasteiger charge is -2.37. The summed E-state index contributed by atoms with van der Waals surface area (Å²) in [5.41, 5.74) is 4.70. The summed E-state index contributed by atoms with van der Waals surface area (Å²) in [6, 6.07) is 14.2. The van der Waals surface area contributed by atoms with Crippen LogP contribution in [0.15, 0.2) is 42.5 Å². The molecule has 2 aromatic rings. The zero-order valence-electron chi connectivity index (χ0n) is 14.3. The average Bonchev–Trinajstić information content (AvgIpc) is 2.57. The fraction of sp³-hybridized carbons (Fsp3) is 0.350. The highest BCUT2D eigenvalue weighted by atomic mass is 35.5. The second-order valence-corrected chi connectivity index (χ2v) is 6.90. The van der Waals surface area contributed by atoms with Crippen LogP contribution < -0.4 is 4.90 Å². The van der Waals surface area contributed by atoms with Crippen LogP contribution in [0, 0.1) is 13.8 Å². The molecule has 0 N–H and O–H groups in total. The molecule has 1 fully saturated rings. The van der Waals surface area contributed by atoms with E-state index in [1.807, 2.05) is 29.2 Å². The maximum atomic E-state index is 12.5. The van der Waals surface area contributed by atoms with Gasteiger partial charge in [0.2, 0.25) is 5.91 Å². The van der Waals surface area contributed by atoms with Gasteiger partial charge in [-0.25, -0.2) is 0 Å². The smallest absolute Gasteiger partial charge is 0.227 e. The van der Waals surface area contributed by atoms with Crippen LogP contribution in [0.3, 0.4) is 0 Å². The summed E-state index contributed by atoms with van der Waals surface area (Å²) in [6.45, 7) is 7.41. The predicted molar refractivity (Wildman–Crippen MR) is 99.9 cm³/mol. The number of benzene rings is 2. The first-order chi connectivity index (χ1) is 11.5. The van der Waals surface area contributed by atoms with Gasteiger partial charge >= 0.3 is 0 Å². The molecule has 0 saturated carbocycles. The Bertz CT molecular complexity index is 719. The molecule has 2 aromatic carbocycles. The van der Waals surface area contributed by atoms with Gasteiger partial charge < -0.3 is 9.80 Å². The maximum absolute atomic E-state index is 12.5. The van der Waals surface area contributed by atoms with E-state index in [9.17, 15) is 4.79 Å². The lowest BCUT2D eigenvalue weighted by atomic mass is 10.1. The Morgan fingerprint density at radius 1 is 1.00 bits per heavy atom. The quantitative estimate of drug-likeness (QED) is 0.846. The Kier molecular flexibility index (Phi) is 5.10. The van der Waals surface area contributed by atoms with Crippen molar-refractivity contribution in [2.45, 2.75) is 20.3 Å². The molecule has 0 spiro atoms. The summed E-state index contributed by atoms with van der Waals surface area (Å²) in [5, 5.41) is 0.767. The molecule has 126 valence electrons. The van der Waals surface area contributed by atoms with E-state index in [4.69, 9.17) is 11.6 Å². The van der Waals surface area contributed by atoms with Crippen LogP contribution in [0.2, 0.25) is 5.02 Å². The third kappa shape index (κ3) is 3.90. The van der Waals surface area contributed by atoms with Crippen LogP contribution in [-0.4, -0.2) is 37.0 Å². The molecule has 4 heteroatoms. The number of hydrogen-bond donors (Lipinski definition) is 0. The summed E-state index contributed by atoms with van der Waals surface area (Å²) >= 11 is 6.04. The van der Waals surface area contributed by atoms with Crippen molar-refractivity contribution < 1.29 is 4.79 Å². The van der Waals surface area contributed by atoms with Gasteiger partial charge in [0.05, 0.1) is 6.42 Å². The second kappa shape index (κ2) is 7.27. The standard InChI is InChI=1S/C20H23ClN2O/c1-15-3-5-17(6-4-15)14-20(24)23-11-9-22(10-12-23)19-8-7-18(21)13-16(19)2/h3-8,13H,9-12,14H2,1-2H3. The van der Waals surface area contributed by atoms with Crippen molar-refractivity contribution in [3.8, 4) is 0 Å². The molecule has 0 aliphatic carbocycles. The van der Waals surface area contributed by atoms with Gasteiger partial charge in [0.15, 0.2) is 0 Å². The number of nitrogens with zero attached hydrogens (tertiary/aromatic N) is 2. The Morgan fingerprint density at radius 2 is 1.67 bits per heavy atom. The molecule has 3 nitrogen and oxygen atoms in total. The molecule has 0 radical (unpaired) electrons. The Labute approximate surface area is 148 Å². The van der Waals surface area contributed by atoms with Gasteiger partial charge in [-0.2, -0.15) is 0 Å². The molecule has 0 atom stereocenters. The molecule has 3 rings (SSSR count). The van der Waals surface area contributed by atoms with E-state index in [0.29, 0.717) is 6.42 Å². The number of amides is 1. The fourth-order valence-electron chi connectivity index (χ4n) is 3.16. The second-order valence-electron chi connectivity index (χ2n) is 6.46. The van der Waals surface area contributed by atoms with Crippen LogP contribution in [0.5, 0.6) is 0 Å². The highest BCUT2D eigenvalue weighted by Gasteiger charge is 2.22. The molecule has 0 aromatic heterocycles. The molecule has 0 unspecified atom stereocenters. The fourth-order valence-corrected chi connectivity index (χ4v) is 3.39. The number of carbonyl (C=O) groups excluding carboxylic acids is 1. The van der Waals surface area contributed by atoms with Crippen molar-refractivity contribution in [2.24, 2.45) is 0 Å². The molecule has 1 saturated heterocycles. The van der Waals surface area contributed by atoms with E-state index in [0.717, 1.165) is 36.8 Å². The number of anilines is 1. The Morgan fingerprint density at radius 3 is 2.29 bits per heavy atom. The van der Waals surface area contributed by atoms with Crippen LogP contribution in [0.1, 0.15) is 16.7 Å². The SMILES string of the molecule is Cc1ccc(CC(=O)N2CCN(c3ccc(Cl)cc3C)CC2)cc1. The van der Waals surface area contributed by atoms with Gasteiger partial charge in [-0.15, -0.1) is 0 Å². The van der Waals surface area contributed by atoms with Crippen molar-refractivity contribution in [2.75, 3.05) is 31.1 Å². The van der Waals surface area contributed by atoms with E-state index >= 15 is 0 Å². The van der Waals surface area contributed by atoms with Crippen LogP contribution in [0.4, 0.5) is 5.69 Å². The largest absolute Gasteiger partial charge is 0.368 e. The van der Waals surface area contributed by atoms with E-state index in [2.05, 4.69) is 36.9 Å². The Balaban J connectivity index is 1.58. The van der Waals surface area contributed by atoms with E-state index in [-0.39, 0.29) is 5.91 Å². The van der Waals surface area contributed by atoms with Crippen molar-refractivity contribution in [3.63, 3.8) is 0 Å². The maximum Gasteiger partial charge on any atom is 0.227 e. The number of piperazine rings is 1. The van der Waals surface area contributed by atoms with E-state index in [1.54, 1.807) is 0 Å². The lowest BCUT2D eigenvalue weighted by molar-refractivity contribution is -0.130. The molecule has 24 heavy (non-hydrogen) atoms. The first-order valence-corrected chi connectivity index (χ1v) is 8.75. The first-order valence-electron chi connectivity index (χ1n) is 8.37. The average molecular weight is 343 g/mol. The predicted octanol–water partition coefficient (Wildman–Crippen LogP) is 3.85. The lowest BCUT2D eigenvalue weighted by Crippen LogP contribution is -2.49. The molecule has 1 aliphatic heterocycles. The van der Waals surface area contributed by atoms with Gasteiger partial charge in [-0.05, 0) is 43.2 Å². The zero-order chi connectivity index (χ0) is 17.1. The number of halogens is 1. The van der Waals surface area contributed by atoms with Gasteiger partial charge in [-0.1, -0.05) is 41.4 Å². The molecular formula is C20H23ClN2O. The number of rotatable bonds is 3. The molecule has 1 amide bonds. The van der Waals surface area contributed by atoms with E-state index in [1.165, 1.54) is 16.8 Å². The first kappa shape index (κ1) is 16.8. The normalized spacial score (nSPS) is 14.8. The van der Waals surface area contributed by atoms with Crippen molar-refractivity contribution in [1.82, 2.24) is 4.90 Å². The molecular weight excluding hydrogens is 320 g/mol. The molecule has 1 aliphatic rings. The number of carbonyl (C=O) groups is 1. The third-order valence-electron chi connectivity index (χ3n) is 4.61. The minimum absolute atomic E-state index is 0.214. The summed E-state index contributed by atoms with van der Waals surface area (Å²) in [6.07, 6.45) is 0.486. The van der Waals surface area contributed by atoms with Gasteiger partial charge in [-0.3, -0.25) is 4.79 Å². The highest BCUT2D eigenvalue weighted by Crippen LogP contribution is 2.24.